The lowest BCUT2D eigenvalue weighted by molar-refractivity contribution is 0.276. The molecule has 1 heterocycles. The van der Waals surface area contributed by atoms with Gasteiger partial charge in [0.25, 0.3) is 0 Å². The van der Waals surface area contributed by atoms with Crippen molar-refractivity contribution in [3.63, 3.8) is 0 Å². The van der Waals surface area contributed by atoms with Crippen LogP contribution in [0.5, 0.6) is 5.75 Å². The van der Waals surface area contributed by atoms with Gasteiger partial charge in [0.1, 0.15) is 11.3 Å². The van der Waals surface area contributed by atoms with E-state index in [9.17, 15) is 5.11 Å². The first-order valence-electron chi connectivity index (χ1n) is 8.62. The lowest BCUT2D eigenvalue weighted by atomic mass is 10.0. The molecule has 0 aliphatic heterocycles. The molecule has 0 bridgehead atoms. The van der Waals surface area contributed by atoms with Crippen molar-refractivity contribution in [1.29, 1.82) is 0 Å². The number of pyridine rings is 1. The van der Waals surface area contributed by atoms with Crippen LogP contribution in [0.25, 0.3) is 10.9 Å². The monoisotopic (exact) mass is 351 g/mol. The number of ether oxygens (including phenoxy) is 1. The van der Waals surface area contributed by atoms with Gasteiger partial charge in [0, 0.05) is 36.6 Å². The van der Waals surface area contributed by atoms with Crippen LogP contribution in [0.15, 0.2) is 48.5 Å². The Balaban J connectivity index is 2.02. The Bertz CT molecular complexity index is 909. The van der Waals surface area contributed by atoms with Crippen LogP contribution >= 0.6 is 0 Å². The standard InChI is InChI=1S/C21H25N3O2/c1-14-11-18(17-9-6-10-20(26-4)21(17)22-14)23-19(13-25)15-7-5-8-16(12-15)24(2)3/h5-12,19,25H,13H2,1-4H3,(H,22,23)/t19-/m0/s1. The fourth-order valence-electron chi connectivity index (χ4n) is 3.08. The largest absolute Gasteiger partial charge is 0.494 e. The fourth-order valence-corrected chi connectivity index (χ4v) is 3.08. The predicted octanol–water partition coefficient (Wildman–Crippen LogP) is 3.76. The smallest absolute Gasteiger partial charge is 0.145 e. The summed E-state index contributed by atoms with van der Waals surface area (Å²) in [5.74, 6) is 0.740. The van der Waals surface area contributed by atoms with E-state index in [-0.39, 0.29) is 12.6 Å². The quantitative estimate of drug-likeness (QED) is 0.708. The lowest BCUT2D eigenvalue weighted by Gasteiger charge is -2.22. The van der Waals surface area contributed by atoms with Gasteiger partial charge in [-0.1, -0.05) is 24.3 Å². The van der Waals surface area contributed by atoms with Crippen LogP contribution in [0.1, 0.15) is 17.3 Å². The van der Waals surface area contributed by atoms with Crippen molar-refractivity contribution in [3.8, 4) is 5.75 Å². The highest BCUT2D eigenvalue weighted by molar-refractivity contribution is 5.95. The predicted molar refractivity (Wildman–Crippen MR) is 107 cm³/mol. The van der Waals surface area contributed by atoms with Crippen LogP contribution < -0.4 is 15.0 Å². The highest BCUT2D eigenvalue weighted by Gasteiger charge is 2.15. The summed E-state index contributed by atoms with van der Waals surface area (Å²) < 4.78 is 5.45. The number of aryl methyl sites for hydroxylation is 1. The van der Waals surface area contributed by atoms with E-state index >= 15 is 0 Å². The molecule has 2 aromatic carbocycles. The molecular formula is C21H25N3O2. The molecule has 3 rings (SSSR count). The van der Waals surface area contributed by atoms with Gasteiger partial charge in [0.05, 0.1) is 19.8 Å². The van der Waals surface area contributed by atoms with Crippen LogP contribution in [0.3, 0.4) is 0 Å². The minimum absolute atomic E-state index is 0.0102. The summed E-state index contributed by atoms with van der Waals surface area (Å²) in [7, 11) is 5.66. The van der Waals surface area contributed by atoms with Crippen LogP contribution in [0.2, 0.25) is 0 Å². The summed E-state index contributed by atoms with van der Waals surface area (Å²) >= 11 is 0. The molecule has 26 heavy (non-hydrogen) atoms. The summed E-state index contributed by atoms with van der Waals surface area (Å²) in [6.45, 7) is 1.95. The summed E-state index contributed by atoms with van der Waals surface area (Å²) in [6, 6.07) is 15.8. The van der Waals surface area contributed by atoms with Gasteiger partial charge in [-0.05, 0) is 36.8 Å². The molecule has 0 unspecified atom stereocenters. The lowest BCUT2D eigenvalue weighted by Crippen LogP contribution is -2.16. The number of nitrogens with zero attached hydrogens (tertiary/aromatic N) is 2. The molecule has 1 aromatic heterocycles. The number of fused-ring (bicyclic) bond motifs is 1. The maximum absolute atomic E-state index is 10.00. The van der Waals surface area contributed by atoms with Crippen molar-refractivity contribution in [2.45, 2.75) is 13.0 Å². The van der Waals surface area contributed by atoms with Crippen LogP contribution in [-0.2, 0) is 0 Å². The van der Waals surface area contributed by atoms with Crippen LogP contribution in [0.4, 0.5) is 11.4 Å². The van der Waals surface area contributed by atoms with Gasteiger partial charge in [-0.15, -0.1) is 0 Å². The first-order valence-corrected chi connectivity index (χ1v) is 8.62. The Morgan fingerprint density at radius 3 is 2.62 bits per heavy atom. The molecule has 0 aliphatic rings. The third kappa shape index (κ3) is 3.58. The van der Waals surface area contributed by atoms with Crippen molar-refractivity contribution in [2.75, 3.05) is 38.0 Å². The van der Waals surface area contributed by atoms with Gasteiger partial charge in [-0.25, -0.2) is 4.98 Å². The first kappa shape index (κ1) is 18.0. The van der Waals surface area contributed by atoms with E-state index in [1.165, 1.54) is 0 Å². The number of hydrogen-bond donors (Lipinski definition) is 2. The maximum Gasteiger partial charge on any atom is 0.145 e. The van der Waals surface area contributed by atoms with E-state index in [1.54, 1.807) is 7.11 Å². The summed E-state index contributed by atoms with van der Waals surface area (Å²) in [5.41, 5.74) is 4.77. The van der Waals surface area contributed by atoms with E-state index in [1.807, 2.05) is 57.4 Å². The van der Waals surface area contributed by atoms with Gasteiger partial charge < -0.3 is 20.1 Å². The Morgan fingerprint density at radius 2 is 1.92 bits per heavy atom. The number of aliphatic hydroxyl groups is 1. The zero-order valence-electron chi connectivity index (χ0n) is 15.7. The molecular weight excluding hydrogens is 326 g/mol. The van der Waals surface area contributed by atoms with Crippen LogP contribution in [0, 0.1) is 6.92 Å². The second kappa shape index (κ2) is 7.62. The van der Waals surface area contributed by atoms with Gasteiger partial charge in [-0.2, -0.15) is 0 Å². The molecule has 0 saturated heterocycles. The van der Waals surface area contributed by atoms with Crippen molar-refractivity contribution < 1.29 is 9.84 Å². The molecule has 5 heteroatoms. The third-order valence-corrected chi connectivity index (χ3v) is 4.45. The SMILES string of the molecule is COc1cccc2c(N[C@@H](CO)c3cccc(N(C)C)c3)cc(C)nc12. The Hall–Kier alpha value is -2.79. The maximum atomic E-state index is 10.00. The topological polar surface area (TPSA) is 57.6 Å². The van der Waals surface area contributed by atoms with Gasteiger partial charge in [0.2, 0.25) is 0 Å². The normalized spacial score (nSPS) is 12.0. The Morgan fingerprint density at radius 1 is 1.15 bits per heavy atom. The average molecular weight is 351 g/mol. The number of aliphatic hydroxyl groups excluding tert-OH is 1. The second-order valence-corrected chi connectivity index (χ2v) is 6.54. The van der Waals surface area contributed by atoms with E-state index in [2.05, 4.69) is 27.3 Å². The molecule has 0 amide bonds. The molecule has 0 spiro atoms. The number of rotatable bonds is 6. The Kier molecular flexibility index (Phi) is 5.28. The van der Waals surface area contributed by atoms with E-state index in [0.29, 0.717) is 0 Å². The molecule has 0 fully saturated rings. The highest BCUT2D eigenvalue weighted by Crippen LogP contribution is 2.32. The van der Waals surface area contributed by atoms with Crippen LogP contribution in [-0.4, -0.2) is 37.9 Å². The molecule has 0 aliphatic carbocycles. The molecule has 3 aromatic rings. The number of aromatic nitrogens is 1. The third-order valence-electron chi connectivity index (χ3n) is 4.45. The fraction of sp³-hybridized carbons (Fsp3) is 0.286. The molecule has 136 valence electrons. The summed E-state index contributed by atoms with van der Waals surface area (Å²) in [6.07, 6.45) is 0. The number of methoxy groups -OCH3 is 1. The number of anilines is 2. The van der Waals surface area contributed by atoms with E-state index in [0.717, 1.165) is 39.3 Å². The summed E-state index contributed by atoms with van der Waals surface area (Å²) in [5, 5.41) is 14.4. The van der Waals surface area contributed by atoms with Gasteiger partial charge in [0.15, 0.2) is 0 Å². The van der Waals surface area contributed by atoms with Crippen molar-refractivity contribution in [2.24, 2.45) is 0 Å². The van der Waals surface area contributed by atoms with Gasteiger partial charge in [-0.3, -0.25) is 0 Å². The number of benzene rings is 2. The van der Waals surface area contributed by atoms with Crippen molar-refractivity contribution in [3.05, 3.63) is 59.8 Å². The van der Waals surface area contributed by atoms with Crippen molar-refractivity contribution >= 4 is 22.3 Å². The first-order chi connectivity index (χ1) is 12.5. The molecule has 2 N–H and O–H groups in total. The minimum atomic E-state index is -0.217. The second-order valence-electron chi connectivity index (χ2n) is 6.54. The molecule has 1 atom stereocenters. The minimum Gasteiger partial charge on any atom is -0.494 e. The van der Waals surface area contributed by atoms with E-state index in [4.69, 9.17) is 4.74 Å². The summed E-state index contributed by atoms with van der Waals surface area (Å²) in [4.78, 5) is 6.67. The van der Waals surface area contributed by atoms with E-state index < -0.39 is 0 Å². The number of hydrogen-bond acceptors (Lipinski definition) is 5. The molecule has 5 nitrogen and oxygen atoms in total. The highest BCUT2D eigenvalue weighted by atomic mass is 16.5. The van der Waals surface area contributed by atoms with Gasteiger partial charge >= 0.3 is 0 Å². The molecule has 0 radical (unpaired) electrons. The number of para-hydroxylation sites is 1. The zero-order valence-corrected chi connectivity index (χ0v) is 15.7. The average Bonchev–Trinajstić information content (AvgIpc) is 2.65. The zero-order chi connectivity index (χ0) is 18.7. The Labute approximate surface area is 154 Å². The number of nitrogens with one attached hydrogen (secondary N) is 1. The van der Waals surface area contributed by atoms with Crippen molar-refractivity contribution in [1.82, 2.24) is 4.98 Å². The molecule has 0 saturated carbocycles.